The van der Waals surface area contributed by atoms with Gasteiger partial charge in [-0.15, -0.1) is 0 Å². The maximum atomic E-state index is 2.65. The number of rotatable bonds is 4. The molecule has 4 aliphatic carbocycles. The van der Waals surface area contributed by atoms with Crippen LogP contribution in [-0.2, 0) is 48.9 Å². The molecule has 0 aromatic heterocycles. The zero-order valence-electron chi connectivity index (χ0n) is 23.0. The summed E-state index contributed by atoms with van der Waals surface area (Å²) in [5.41, 5.74) is 22.1. The van der Waals surface area contributed by atoms with Gasteiger partial charge < -0.3 is 0 Å². The van der Waals surface area contributed by atoms with Crippen molar-refractivity contribution in [3.8, 4) is 22.3 Å². The van der Waals surface area contributed by atoms with Crippen molar-refractivity contribution in [2.75, 3.05) is 0 Å². The second-order valence-corrected chi connectivity index (χ2v) is 15.7. The molecule has 1 heteroatoms. The molecule has 190 valence electrons. The first-order chi connectivity index (χ1) is 19.2. The number of benzene rings is 4. The molecule has 4 aromatic carbocycles. The van der Waals surface area contributed by atoms with Crippen molar-refractivity contribution < 1.29 is 23.2 Å². The van der Waals surface area contributed by atoms with E-state index in [1.165, 1.54) is 49.7 Å². The van der Waals surface area contributed by atoms with E-state index >= 15 is 0 Å². The Bertz CT molecular complexity index is 1560. The molecule has 4 aromatic rings. The van der Waals surface area contributed by atoms with Gasteiger partial charge in [0, 0.05) is 0 Å². The number of hydrogen-bond donors (Lipinski definition) is 0. The SMILES string of the molecule is CC1=Cc2c(cc3c(c2-c2ccccc2)CCC3)[CH]1[Zr][CH]1C(C)=Cc2c1cc1c(c2-c2ccccc2)CCC1. The molecule has 2 unspecified atom stereocenters. The first-order valence-corrected chi connectivity index (χ1v) is 17.6. The van der Waals surface area contributed by atoms with Crippen LogP contribution < -0.4 is 0 Å². The van der Waals surface area contributed by atoms with Crippen molar-refractivity contribution in [1.29, 1.82) is 0 Å². The standard InChI is InChI=1S/2C19H17.Zr/c2*1-13-10-16-12-15-8-5-9-17(15)19(18(16)11-13)14-6-3-2-4-7-14;/h2*2-4,6-7,10-12H,5,8-9H2,1H3;. The Balaban J connectivity index is 1.24. The summed E-state index contributed by atoms with van der Waals surface area (Å²) >= 11 is -0.883. The first-order valence-electron chi connectivity index (χ1n) is 14.8. The van der Waals surface area contributed by atoms with Crippen LogP contribution in [0.4, 0.5) is 0 Å². The number of aryl methyl sites for hydroxylation is 2. The molecule has 39 heavy (non-hydrogen) atoms. The fraction of sp³-hybridized carbons (Fsp3) is 0.263. The molecular weight excluding hydrogens is 548 g/mol. The first kappa shape index (κ1) is 24.1. The summed E-state index contributed by atoms with van der Waals surface area (Å²) in [4.78, 5) is 0. The second-order valence-electron chi connectivity index (χ2n) is 12.0. The van der Waals surface area contributed by atoms with Gasteiger partial charge in [0.15, 0.2) is 0 Å². The van der Waals surface area contributed by atoms with Crippen LogP contribution in [0.25, 0.3) is 34.4 Å². The van der Waals surface area contributed by atoms with Gasteiger partial charge in [0.1, 0.15) is 0 Å². The second kappa shape index (κ2) is 9.42. The average Bonchev–Trinajstić information content (AvgIpc) is 3.74. The summed E-state index contributed by atoms with van der Waals surface area (Å²) in [6, 6.07) is 27.8. The van der Waals surface area contributed by atoms with Crippen LogP contribution in [0.2, 0.25) is 0 Å². The fourth-order valence-corrected chi connectivity index (χ4v) is 12.5. The van der Waals surface area contributed by atoms with Crippen LogP contribution in [0.5, 0.6) is 0 Å². The molecule has 0 saturated carbocycles. The van der Waals surface area contributed by atoms with E-state index < -0.39 is 23.2 Å². The maximum absolute atomic E-state index is 2.65. The van der Waals surface area contributed by atoms with Gasteiger partial charge in [-0.1, -0.05) is 0 Å². The van der Waals surface area contributed by atoms with E-state index in [2.05, 4.69) is 98.8 Å². The van der Waals surface area contributed by atoms with Gasteiger partial charge in [-0.3, -0.25) is 0 Å². The monoisotopic (exact) mass is 580 g/mol. The van der Waals surface area contributed by atoms with Gasteiger partial charge in [0.25, 0.3) is 0 Å². The Morgan fingerprint density at radius 2 is 1.00 bits per heavy atom. The topological polar surface area (TPSA) is 0 Å². The van der Waals surface area contributed by atoms with Crippen LogP contribution in [0.3, 0.4) is 0 Å². The van der Waals surface area contributed by atoms with Crippen molar-refractivity contribution in [1.82, 2.24) is 0 Å². The summed E-state index contributed by atoms with van der Waals surface area (Å²) in [7, 11) is 0. The van der Waals surface area contributed by atoms with E-state index in [0.29, 0.717) is 7.25 Å². The van der Waals surface area contributed by atoms with Crippen LogP contribution >= 0.6 is 0 Å². The molecular formula is C38H34Zr. The molecule has 0 amide bonds. The Hall–Kier alpha value is -2.76. The summed E-state index contributed by atoms with van der Waals surface area (Å²) < 4.78 is 1.31. The molecule has 0 radical (unpaired) electrons. The van der Waals surface area contributed by atoms with Gasteiger partial charge in [0.05, 0.1) is 0 Å². The predicted octanol–water partition coefficient (Wildman–Crippen LogP) is 9.70. The van der Waals surface area contributed by atoms with Gasteiger partial charge in [-0.2, -0.15) is 0 Å². The quantitative estimate of drug-likeness (QED) is 0.225. The summed E-state index contributed by atoms with van der Waals surface area (Å²) in [5.74, 6) is 0. The Kier molecular flexibility index (Phi) is 5.81. The number of fused-ring (bicyclic) bond motifs is 4. The van der Waals surface area contributed by atoms with Crippen LogP contribution in [0.15, 0.2) is 83.9 Å². The van der Waals surface area contributed by atoms with Crippen LogP contribution in [-0.4, -0.2) is 0 Å². The van der Waals surface area contributed by atoms with Gasteiger partial charge in [-0.25, -0.2) is 0 Å². The zero-order valence-corrected chi connectivity index (χ0v) is 25.4. The average molecular weight is 582 g/mol. The van der Waals surface area contributed by atoms with Gasteiger partial charge in [-0.05, 0) is 0 Å². The normalized spacial score (nSPS) is 20.3. The van der Waals surface area contributed by atoms with E-state index in [9.17, 15) is 0 Å². The van der Waals surface area contributed by atoms with Crippen molar-refractivity contribution in [2.45, 2.75) is 59.6 Å². The molecule has 0 spiro atoms. The number of hydrogen-bond acceptors (Lipinski definition) is 0. The Labute approximate surface area is 244 Å². The van der Waals surface area contributed by atoms with E-state index in [1.54, 1.807) is 66.8 Å². The van der Waals surface area contributed by atoms with Crippen molar-refractivity contribution in [2.24, 2.45) is 0 Å². The summed E-state index contributed by atoms with van der Waals surface area (Å²) in [6.07, 6.45) is 12.7. The molecule has 2 atom stereocenters. The van der Waals surface area contributed by atoms with Crippen molar-refractivity contribution in [3.05, 3.63) is 128 Å². The van der Waals surface area contributed by atoms with Gasteiger partial charge in [0.2, 0.25) is 0 Å². The Morgan fingerprint density at radius 1 is 0.564 bits per heavy atom. The van der Waals surface area contributed by atoms with E-state index in [-0.39, 0.29) is 0 Å². The molecule has 0 fully saturated rings. The molecule has 0 heterocycles. The molecule has 0 bridgehead atoms. The van der Waals surface area contributed by atoms with E-state index in [1.807, 2.05) is 0 Å². The molecule has 8 rings (SSSR count). The minimum atomic E-state index is -0.883. The molecule has 0 aliphatic heterocycles. The third-order valence-electron chi connectivity index (χ3n) is 9.68. The molecule has 0 saturated heterocycles. The van der Waals surface area contributed by atoms with Crippen molar-refractivity contribution in [3.63, 3.8) is 0 Å². The van der Waals surface area contributed by atoms with Crippen molar-refractivity contribution >= 4 is 12.2 Å². The molecule has 0 N–H and O–H groups in total. The third-order valence-corrected chi connectivity index (χ3v) is 15.1. The predicted molar refractivity (Wildman–Crippen MR) is 161 cm³/mol. The fourth-order valence-electron chi connectivity index (χ4n) is 7.95. The number of allylic oxidation sites excluding steroid dienone is 2. The minimum absolute atomic E-state index is 0.657. The zero-order chi connectivity index (χ0) is 26.1. The van der Waals surface area contributed by atoms with E-state index in [0.717, 1.165) is 0 Å². The summed E-state index contributed by atoms with van der Waals surface area (Å²) in [5, 5.41) is 0. The van der Waals surface area contributed by atoms with E-state index in [4.69, 9.17) is 0 Å². The summed E-state index contributed by atoms with van der Waals surface area (Å²) in [6.45, 7) is 4.86. The third kappa shape index (κ3) is 3.80. The Morgan fingerprint density at radius 3 is 1.44 bits per heavy atom. The van der Waals surface area contributed by atoms with Crippen LogP contribution in [0, 0.1) is 0 Å². The van der Waals surface area contributed by atoms with Crippen LogP contribution in [0.1, 0.15) is 78.4 Å². The molecule has 0 nitrogen and oxygen atoms in total. The molecule has 4 aliphatic rings. The van der Waals surface area contributed by atoms with Gasteiger partial charge >= 0.3 is 246 Å².